The number of benzene rings is 1. The average molecular weight is 277 g/mol. The number of aliphatic hydroxyl groups is 1. The molecule has 0 bridgehead atoms. The SMILES string of the molecule is CN(C(=O)OCc1ccccc1)C(CO)CC1CCC1. The lowest BCUT2D eigenvalue weighted by Gasteiger charge is -2.33. The van der Waals surface area contributed by atoms with Crippen molar-refractivity contribution in [2.24, 2.45) is 5.92 Å². The van der Waals surface area contributed by atoms with Crippen molar-refractivity contribution >= 4 is 6.09 Å². The molecule has 1 aromatic rings. The summed E-state index contributed by atoms with van der Waals surface area (Å²) in [7, 11) is 1.70. The Labute approximate surface area is 120 Å². The fraction of sp³-hybridized carbons (Fsp3) is 0.562. The van der Waals surface area contributed by atoms with Crippen LogP contribution in [-0.2, 0) is 11.3 Å². The minimum Gasteiger partial charge on any atom is -0.445 e. The third kappa shape index (κ3) is 3.97. The van der Waals surface area contributed by atoms with E-state index in [1.165, 1.54) is 24.2 Å². The molecule has 4 heteroatoms. The molecule has 2 rings (SSSR count). The Morgan fingerprint density at radius 3 is 2.65 bits per heavy atom. The highest BCUT2D eigenvalue weighted by molar-refractivity contribution is 5.67. The van der Waals surface area contributed by atoms with Crippen molar-refractivity contribution in [1.29, 1.82) is 0 Å². The highest BCUT2D eigenvalue weighted by Crippen LogP contribution is 2.31. The molecule has 1 unspecified atom stereocenters. The van der Waals surface area contributed by atoms with Crippen LogP contribution in [0.4, 0.5) is 4.79 Å². The van der Waals surface area contributed by atoms with E-state index in [4.69, 9.17) is 4.74 Å². The van der Waals surface area contributed by atoms with E-state index in [-0.39, 0.29) is 25.3 Å². The molecule has 20 heavy (non-hydrogen) atoms. The average Bonchev–Trinajstić information content (AvgIpc) is 2.44. The van der Waals surface area contributed by atoms with Crippen molar-refractivity contribution in [2.75, 3.05) is 13.7 Å². The van der Waals surface area contributed by atoms with Gasteiger partial charge >= 0.3 is 6.09 Å². The number of ether oxygens (including phenoxy) is 1. The van der Waals surface area contributed by atoms with E-state index in [0.717, 1.165) is 12.0 Å². The second kappa shape index (κ2) is 7.29. The summed E-state index contributed by atoms with van der Waals surface area (Å²) in [6.45, 7) is 0.263. The maximum Gasteiger partial charge on any atom is 0.410 e. The number of carbonyl (C=O) groups is 1. The van der Waals surface area contributed by atoms with Crippen molar-refractivity contribution in [2.45, 2.75) is 38.3 Å². The van der Waals surface area contributed by atoms with Gasteiger partial charge in [0.2, 0.25) is 0 Å². The molecule has 1 amide bonds. The van der Waals surface area contributed by atoms with Crippen LogP contribution >= 0.6 is 0 Å². The first-order valence-electron chi connectivity index (χ1n) is 7.25. The second-order valence-electron chi connectivity index (χ2n) is 5.52. The van der Waals surface area contributed by atoms with E-state index in [1.54, 1.807) is 7.05 Å². The Morgan fingerprint density at radius 2 is 2.10 bits per heavy atom. The van der Waals surface area contributed by atoms with Gasteiger partial charge in [0.25, 0.3) is 0 Å². The fourth-order valence-corrected chi connectivity index (χ4v) is 2.44. The molecule has 1 aliphatic rings. The summed E-state index contributed by atoms with van der Waals surface area (Å²) in [5.41, 5.74) is 0.966. The Hall–Kier alpha value is -1.55. The summed E-state index contributed by atoms with van der Waals surface area (Å²) in [6, 6.07) is 9.47. The van der Waals surface area contributed by atoms with Gasteiger partial charge in [0.15, 0.2) is 0 Å². The number of amides is 1. The highest BCUT2D eigenvalue weighted by atomic mass is 16.6. The lowest BCUT2D eigenvalue weighted by atomic mass is 9.81. The lowest BCUT2D eigenvalue weighted by Crippen LogP contribution is -2.41. The first-order chi connectivity index (χ1) is 9.70. The number of nitrogens with zero attached hydrogens (tertiary/aromatic N) is 1. The molecule has 0 heterocycles. The molecule has 1 aliphatic carbocycles. The lowest BCUT2D eigenvalue weighted by molar-refractivity contribution is 0.0638. The van der Waals surface area contributed by atoms with E-state index < -0.39 is 0 Å². The van der Waals surface area contributed by atoms with Gasteiger partial charge < -0.3 is 14.7 Å². The molecule has 0 spiro atoms. The molecule has 110 valence electrons. The molecule has 1 fully saturated rings. The summed E-state index contributed by atoms with van der Waals surface area (Å²) < 4.78 is 5.28. The van der Waals surface area contributed by atoms with Crippen LogP contribution in [-0.4, -0.2) is 35.8 Å². The van der Waals surface area contributed by atoms with Crippen LogP contribution in [0.25, 0.3) is 0 Å². The van der Waals surface area contributed by atoms with E-state index in [9.17, 15) is 9.90 Å². The standard InChI is InChI=1S/C16H23NO3/c1-17(15(11-18)10-13-8-5-9-13)16(19)20-12-14-6-3-2-4-7-14/h2-4,6-7,13,15,18H,5,8-12H2,1H3. The summed E-state index contributed by atoms with van der Waals surface area (Å²) in [4.78, 5) is 13.5. The van der Waals surface area contributed by atoms with Gasteiger partial charge in [0, 0.05) is 7.05 Å². The predicted molar refractivity (Wildman–Crippen MR) is 77.2 cm³/mol. The fourth-order valence-electron chi connectivity index (χ4n) is 2.44. The van der Waals surface area contributed by atoms with Crippen LogP contribution in [0.3, 0.4) is 0 Å². The molecular formula is C16H23NO3. The maximum atomic E-state index is 12.0. The largest absolute Gasteiger partial charge is 0.445 e. The van der Waals surface area contributed by atoms with Crippen molar-refractivity contribution in [3.05, 3.63) is 35.9 Å². The molecule has 1 aromatic carbocycles. The summed E-state index contributed by atoms with van der Waals surface area (Å²) in [6.07, 6.45) is 4.19. The second-order valence-corrected chi connectivity index (χ2v) is 5.52. The molecule has 0 aliphatic heterocycles. The number of aliphatic hydroxyl groups excluding tert-OH is 1. The van der Waals surface area contributed by atoms with Crippen molar-refractivity contribution < 1.29 is 14.6 Å². The Balaban J connectivity index is 1.80. The van der Waals surface area contributed by atoms with Gasteiger partial charge in [-0.2, -0.15) is 0 Å². The zero-order valence-electron chi connectivity index (χ0n) is 12.0. The van der Waals surface area contributed by atoms with E-state index >= 15 is 0 Å². The highest BCUT2D eigenvalue weighted by Gasteiger charge is 2.27. The number of hydrogen-bond donors (Lipinski definition) is 1. The molecule has 0 radical (unpaired) electrons. The molecule has 1 saturated carbocycles. The first-order valence-corrected chi connectivity index (χ1v) is 7.25. The monoisotopic (exact) mass is 277 g/mol. The molecule has 1 atom stereocenters. The topological polar surface area (TPSA) is 49.8 Å². The van der Waals surface area contributed by atoms with Crippen LogP contribution in [0.5, 0.6) is 0 Å². The Morgan fingerprint density at radius 1 is 1.40 bits per heavy atom. The van der Waals surface area contributed by atoms with Gasteiger partial charge in [-0.3, -0.25) is 0 Å². The smallest absolute Gasteiger partial charge is 0.410 e. The van der Waals surface area contributed by atoms with Crippen LogP contribution in [0, 0.1) is 5.92 Å². The maximum absolute atomic E-state index is 12.0. The number of rotatable bonds is 6. The third-order valence-electron chi connectivity index (χ3n) is 4.08. The quantitative estimate of drug-likeness (QED) is 0.870. The van der Waals surface area contributed by atoms with Gasteiger partial charge in [0.1, 0.15) is 6.61 Å². The molecular weight excluding hydrogens is 254 g/mol. The molecule has 0 aromatic heterocycles. The van der Waals surface area contributed by atoms with Gasteiger partial charge in [-0.1, -0.05) is 49.6 Å². The molecule has 1 N–H and O–H groups in total. The minimum atomic E-state index is -0.368. The zero-order chi connectivity index (χ0) is 14.4. The number of likely N-dealkylation sites (N-methyl/N-ethyl adjacent to an activating group) is 1. The minimum absolute atomic E-state index is 0.00651. The van der Waals surface area contributed by atoms with Crippen LogP contribution in [0.1, 0.15) is 31.2 Å². The first kappa shape index (κ1) is 14.9. The molecule has 0 saturated heterocycles. The zero-order valence-corrected chi connectivity index (χ0v) is 12.0. The normalized spacial score (nSPS) is 16.3. The summed E-state index contributed by atoms with van der Waals surface area (Å²) in [5.74, 6) is 0.650. The van der Waals surface area contributed by atoms with Crippen LogP contribution in [0.15, 0.2) is 30.3 Å². The van der Waals surface area contributed by atoms with Crippen molar-refractivity contribution in [3.63, 3.8) is 0 Å². The van der Waals surface area contributed by atoms with E-state index in [0.29, 0.717) is 5.92 Å². The number of hydrogen-bond acceptors (Lipinski definition) is 3. The molecule has 4 nitrogen and oxygen atoms in total. The van der Waals surface area contributed by atoms with Crippen LogP contribution < -0.4 is 0 Å². The Bertz CT molecular complexity index is 417. The van der Waals surface area contributed by atoms with Crippen LogP contribution in [0.2, 0.25) is 0 Å². The van der Waals surface area contributed by atoms with Gasteiger partial charge in [-0.25, -0.2) is 4.79 Å². The predicted octanol–water partition coefficient (Wildman–Crippen LogP) is 2.81. The van der Waals surface area contributed by atoms with Gasteiger partial charge in [-0.05, 0) is 17.9 Å². The number of carbonyl (C=O) groups excluding carboxylic acids is 1. The third-order valence-corrected chi connectivity index (χ3v) is 4.08. The Kier molecular flexibility index (Phi) is 5.41. The van der Waals surface area contributed by atoms with E-state index in [2.05, 4.69) is 0 Å². The summed E-state index contributed by atoms with van der Waals surface area (Å²) >= 11 is 0. The van der Waals surface area contributed by atoms with Crippen molar-refractivity contribution in [1.82, 2.24) is 4.90 Å². The van der Waals surface area contributed by atoms with Gasteiger partial charge in [0.05, 0.1) is 12.6 Å². The van der Waals surface area contributed by atoms with Gasteiger partial charge in [-0.15, -0.1) is 0 Å². The van der Waals surface area contributed by atoms with Crippen molar-refractivity contribution in [3.8, 4) is 0 Å². The summed E-state index contributed by atoms with van der Waals surface area (Å²) in [5, 5.41) is 9.45. The van der Waals surface area contributed by atoms with E-state index in [1.807, 2.05) is 30.3 Å².